The van der Waals surface area contributed by atoms with Gasteiger partial charge in [0.25, 0.3) is 11.8 Å². The summed E-state index contributed by atoms with van der Waals surface area (Å²) >= 11 is 0. The molecule has 1 heterocycles. The van der Waals surface area contributed by atoms with Crippen molar-refractivity contribution in [1.82, 2.24) is 10.6 Å². The van der Waals surface area contributed by atoms with E-state index in [9.17, 15) is 19.1 Å². The molecular formula is C23H28FN3O4. The van der Waals surface area contributed by atoms with E-state index in [1.165, 1.54) is 24.3 Å². The van der Waals surface area contributed by atoms with Crippen LogP contribution in [0, 0.1) is 5.82 Å². The van der Waals surface area contributed by atoms with Gasteiger partial charge in [-0.05, 0) is 62.2 Å². The highest BCUT2D eigenvalue weighted by atomic mass is 19.1. The molecule has 1 aliphatic rings. The minimum atomic E-state index is -1.18. The Kier molecular flexibility index (Phi) is 7.73. The Balaban J connectivity index is 1.51. The van der Waals surface area contributed by atoms with Crippen molar-refractivity contribution in [3.63, 3.8) is 0 Å². The van der Waals surface area contributed by atoms with E-state index in [1.54, 1.807) is 31.2 Å². The van der Waals surface area contributed by atoms with E-state index in [-0.39, 0.29) is 18.0 Å². The van der Waals surface area contributed by atoms with E-state index in [0.717, 1.165) is 12.0 Å². The van der Waals surface area contributed by atoms with Gasteiger partial charge in [0.2, 0.25) is 0 Å². The summed E-state index contributed by atoms with van der Waals surface area (Å²) in [5, 5.41) is 19.1. The maximum Gasteiger partial charge on any atom is 0.255 e. The molecule has 2 unspecified atom stereocenters. The SMILES string of the molecule is CC(NC(=O)[C@@H](O)[C@@H](C)NC1CCOC1)c1ccc(NC(=O)c2ccc(F)cc2)cc1. The van der Waals surface area contributed by atoms with Crippen LogP contribution in [0.5, 0.6) is 0 Å². The zero-order valence-electron chi connectivity index (χ0n) is 17.6. The number of aliphatic hydroxyl groups excluding tert-OH is 1. The fourth-order valence-electron chi connectivity index (χ4n) is 3.40. The molecule has 0 aliphatic carbocycles. The Hall–Kier alpha value is -2.81. The number of carbonyl (C=O) groups is 2. The number of hydrogen-bond acceptors (Lipinski definition) is 5. The second kappa shape index (κ2) is 10.5. The smallest absolute Gasteiger partial charge is 0.255 e. The second-order valence-corrected chi connectivity index (χ2v) is 7.77. The van der Waals surface area contributed by atoms with Gasteiger partial charge in [0.05, 0.1) is 12.6 Å². The Morgan fingerprint density at radius 3 is 2.39 bits per heavy atom. The number of ether oxygens (including phenoxy) is 1. The first-order valence-electron chi connectivity index (χ1n) is 10.3. The van der Waals surface area contributed by atoms with Gasteiger partial charge in [0.1, 0.15) is 11.9 Å². The van der Waals surface area contributed by atoms with Crippen molar-refractivity contribution in [2.24, 2.45) is 0 Å². The van der Waals surface area contributed by atoms with Crippen molar-refractivity contribution in [3.8, 4) is 0 Å². The van der Waals surface area contributed by atoms with Gasteiger partial charge in [-0.3, -0.25) is 9.59 Å². The van der Waals surface area contributed by atoms with Crippen molar-refractivity contribution in [2.75, 3.05) is 18.5 Å². The van der Waals surface area contributed by atoms with Gasteiger partial charge in [0.15, 0.2) is 0 Å². The van der Waals surface area contributed by atoms with Gasteiger partial charge in [-0.2, -0.15) is 0 Å². The summed E-state index contributed by atoms with van der Waals surface area (Å²) in [5.41, 5.74) is 1.75. The Bertz CT molecular complexity index is 883. The molecule has 0 spiro atoms. The van der Waals surface area contributed by atoms with Crippen LogP contribution in [0.1, 0.15) is 42.2 Å². The predicted octanol–water partition coefficient (Wildman–Crippen LogP) is 2.38. The summed E-state index contributed by atoms with van der Waals surface area (Å²) in [6.45, 7) is 4.86. The third-order valence-corrected chi connectivity index (χ3v) is 5.30. The van der Waals surface area contributed by atoms with Gasteiger partial charge in [0, 0.05) is 29.9 Å². The Morgan fingerprint density at radius 2 is 1.77 bits per heavy atom. The highest BCUT2D eigenvalue weighted by Crippen LogP contribution is 2.17. The van der Waals surface area contributed by atoms with E-state index in [4.69, 9.17) is 4.74 Å². The van der Waals surface area contributed by atoms with E-state index in [0.29, 0.717) is 24.5 Å². The van der Waals surface area contributed by atoms with E-state index < -0.39 is 23.9 Å². The third kappa shape index (κ3) is 6.33. The van der Waals surface area contributed by atoms with Crippen LogP contribution < -0.4 is 16.0 Å². The molecule has 4 atom stereocenters. The molecule has 2 aromatic rings. The molecule has 1 fully saturated rings. The summed E-state index contributed by atoms with van der Waals surface area (Å²) in [6, 6.07) is 11.7. The van der Waals surface area contributed by atoms with E-state index >= 15 is 0 Å². The molecule has 2 aromatic carbocycles. The van der Waals surface area contributed by atoms with Crippen LogP contribution in [0.4, 0.5) is 10.1 Å². The van der Waals surface area contributed by atoms with Gasteiger partial charge < -0.3 is 25.8 Å². The largest absolute Gasteiger partial charge is 0.382 e. The van der Waals surface area contributed by atoms with Crippen molar-refractivity contribution >= 4 is 17.5 Å². The molecule has 0 aromatic heterocycles. The summed E-state index contributed by atoms with van der Waals surface area (Å²) in [6.07, 6.45) is -0.323. The molecule has 31 heavy (non-hydrogen) atoms. The third-order valence-electron chi connectivity index (χ3n) is 5.30. The number of carbonyl (C=O) groups excluding carboxylic acids is 2. The molecule has 7 nitrogen and oxygen atoms in total. The van der Waals surface area contributed by atoms with Crippen LogP contribution in [0.2, 0.25) is 0 Å². The first kappa shape index (κ1) is 22.9. The number of halogens is 1. The fourth-order valence-corrected chi connectivity index (χ4v) is 3.40. The zero-order valence-corrected chi connectivity index (χ0v) is 17.6. The van der Waals surface area contributed by atoms with Gasteiger partial charge in [-0.1, -0.05) is 12.1 Å². The summed E-state index contributed by atoms with van der Waals surface area (Å²) in [7, 11) is 0. The lowest BCUT2D eigenvalue weighted by molar-refractivity contribution is -0.131. The molecular weight excluding hydrogens is 401 g/mol. The van der Waals surface area contributed by atoms with Gasteiger partial charge in [-0.15, -0.1) is 0 Å². The van der Waals surface area contributed by atoms with E-state index in [1.807, 2.05) is 6.92 Å². The maximum absolute atomic E-state index is 13.0. The quantitative estimate of drug-likeness (QED) is 0.516. The lowest BCUT2D eigenvalue weighted by Crippen LogP contribution is -2.50. The first-order valence-corrected chi connectivity index (χ1v) is 10.3. The lowest BCUT2D eigenvalue weighted by Gasteiger charge is -2.24. The molecule has 0 bridgehead atoms. The fraction of sp³-hybridized carbons (Fsp3) is 0.391. The highest BCUT2D eigenvalue weighted by molar-refractivity contribution is 6.04. The summed E-state index contributed by atoms with van der Waals surface area (Å²) in [5.74, 6) is -1.20. The van der Waals surface area contributed by atoms with Crippen LogP contribution in [0.15, 0.2) is 48.5 Å². The number of hydrogen-bond donors (Lipinski definition) is 4. The number of aliphatic hydroxyl groups is 1. The molecule has 3 rings (SSSR count). The molecule has 1 saturated heterocycles. The van der Waals surface area contributed by atoms with Crippen molar-refractivity contribution in [3.05, 3.63) is 65.5 Å². The number of anilines is 1. The molecule has 0 saturated carbocycles. The average molecular weight is 429 g/mol. The first-order chi connectivity index (χ1) is 14.8. The number of rotatable bonds is 8. The molecule has 166 valence electrons. The predicted molar refractivity (Wildman–Crippen MR) is 115 cm³/mol. The Labute approximate surface area is 181 Å². The Morgan fingerprint density at radius 1 is 1.10 bits per heavy atom. The standard InChI is InChI=1S/C23H28FN3O4/c1-14(26-23(30)21(28)15(2)25-20-11-12-31-13-20)16-5-9-19(10-6-16)27-22(29)17-3-7-18(24)8-4-17/h3-10,14-15,20-21,25,28H,11-13H2,1-2H3,(H,26,30)(H,27,29)/t14?,15-,20?,21+/m1/s1. The normalized spacial score (nSPS) is 18.8. The number of benzene rings is 2. The molecule has 1 aliphatic heterocycles. The van der Waals surface area contributed by atoms with Crippen LogP contribution >= 0.6 is 0 Å². The van der Waals surface area contributed by atoms with Crippen LogP contribution in [-0.2, 0) is 9.53 Å². The lowest BCUT2D eigenvalue weighted by atomic mass is 10.1. The minimum absolute atomic E-state index is 0.146. The zero-order chi connectivity index (χ0) is 22.4. The topological polar surface area (TPSA) is 99.7 Å². The van der Waals surface area contributed by atoms with Crippen molar-refractivity contribution in [1.29, 1.82) is 0 Å². The molecule has 0 radical (unpaired) electrons. The molecule has 4 N–H and O–H groups in total. The van der Waals surface area contributed by atoms with Crippen LogP contribution in [-0.4, -0.2) is 48.3 Å². The number of amides is 2. The second-order valence-electron chi connectivity index (χ2n) is 7.77. The summed E-state index contributed by atoms with van der Waals surface area (Å²) in [4.78, 5) is 24.6. The minimum Gasteiger partial charge on any atom is -0.382 e. The summed E-state index contributed by atoms with van der Waals surface area (Å²) < 4.78 is 18.3. The monoisotopic (exact) mass is 429 g/mol. The van der Waals surface area contributed by atoms with Gasteiger partial charge in [-0.25, -0.2) is 4.39 Å². The van der Waals surface area contributed by atoms with Crippen LogP contribution in [0.25, 0.3) is 0 Å². The van der Waals surface area contributed by atoms with Gasteiger partial charge >= 0.3 is 0 Å². The molecule has 2 amide bonds. The molecule has 8 heteroatoms. The maximum atomic E-state index is 13.0. The van der Waals surface area contributed by atoms with Crippen LogP contribution in [0.3, 0.4) is 0 Å². The van der Waals surface area contributed by atoms with Crippen molar-refractivity contribution < 1.29 is 23.8 Å². The van der Waals surface area contributed by atoms with E-state index in [2.05, 4.69) is 16.0 Å². The average Bonchev–Trinajstić information content (AvgIpc) is 3.27. The number of nitrogens with one attached hydrogen (secondary N) is 3. The van der Waals surface area contributed by atoms with Crippen molar-refractivity contribution in [2.45, 2.75) is 44.5 Å². The highest BCUT2D eigenvalue weighted by Gasteiger charge is 2.27.